The molecule has 0 spiro atoms. The van der Waals surface area contributed by atoms with Gasteiger partial charge in [-0.3, -0.25) is 0 Å². The summed E-state index contributed by atoms with van der Waals surface area (Å²) in [4.78, 5) is 0. The van der Waals surface area contributed by atoms with Crippen molar-refractivity contribution in [3.05, 3.63) is 11.5 Å². The molecule has 1 aromatic rings. The van der Waals surface area contributed by atoms with E-state index >= 15 is 0 Å². The van der Waals surface area contributed by atoms with Crippen molar-refractivity contribution < 1.29 is 4.52 Å². The third-order valence-corrected chi connectivity index (χ3v) is 1.68. The Labute approximate surface area is 72.9 Å². The van der Waals surface area contributed by atoms with Gasteiger partial charge in [-0.15, -0.1) is 0 Å². The summed E-state index contributed by atoms with van der Waals surface area (Å²) in [5.41, 5.74) is 7.53. The number of anilines is 1. The third kappa shape index (κ3) is 2.00. The van der Waals surface area contributed by atoms with Crippen LogP contribution in [0.15, 0.2) is 4.52 Å². The highest BCUT2D eigenvalue weighted by Crippen LogP contribution is 2.25. The average molecular weight is 168 g/mol. The summed E-state index contributed by atoms with van der Waals surface area (Å²) in [6.07, 6.45) is 0.857. The smallest absolute Gasteiger partial charge is 0.156 e. The monoisotopic (exact) mass is 168 g/mol. The van der Waals surface area contributed by atoms with Crippen molar-refractivity contribution in [3.63, 3.8) is 0 Å². The summed E-state index contributed by atoms with van der Waals surface area (Å²) in [5.74, 6) is 0.717. The molecule has 0 bridgehead atoms. The molecular weight excluding hydrogens is 152 g/mol. The number of hydrogen-bond donors (Lipinski definition) is 1. The minimum Gasteiger partial charge on any atom is -0.394 e. The van der Waals surface area contributed by atoms with Crippen LogP contribution < -0.4 is 5.73 Å². The van der Waals surface area contributed by atoms with Crippen molar-refractivity contribution in [1.82, 2.24) is 5.16 Å². The SMILES string of the molecule is Cc1onc(CC(C)(C)C)c1N. The fraction of sp³-hybridized carbons (Fsp3) is 0.667. The van der Waals surface area contributed by atoms with Crippen molar-refractivity contribution >= 4 is 5.69 Å². The van der Waals surface area contributed by atoms with Crippen LogP contribution in [0.2, 0.25) is 0 Å². The van der Waals surface area contributed by atoms with E-state index in [1.165, 1.54) is 0 Å². The van der Waals surface area contributed by atoms with Crippen molar-refractivity contribution in [2.45, 2.75) is 34.1 Å². The summed E-state index contributed by atoms with van der Waals surface area (Å²) in [6, 6.07) is 0. The Kier molecular flexibility index (Phi) is 2.13. The van der Waals surface area contributed by atoms with Crippen LogP contribution in [0.3, 0.4) is 0 Å². The second-order valence-electron chi connectivity index (χ2n) is 4.34. The minimum absolute atomic E-state index is 0.206. The van der Waals surface area contributed by atoms with Gasteiger partial charge in [-0.25, -0.2) is 0 Å². The lowest BCUT2D eigenvalue weighted by Crippen LogP contribution is -2.10. The van der Waals surface area contributed by atoms with Crippen LogP contribution in [-0.2, 0) is 6.42 Å². The zero-order valence-electron chi connectivity index (χ0n) is 8.14. The molecule has 3 nitrogen and oxygen atoms in total. The zero-order chi connectivity index (χ0) is 9.35. The highest BCUT2D eigenvalue weighted by molar-refractivity contribution is 5.45. The summed E-state index contributed by atoms with van der Waals surface area (Å²) in [6.45, 7) is 8.28. The molecule has 0 aliphatic heterocycles. The Morgan fingerprint density at radius 3 is 2.33 bits per heavy atom. The molecule has 0 aliphatic rings. The van der Waals surface area contributed by atoms with E-state index in [1.807, 2.05) is 6.92 Å². The first-order valence-electron chi connectivity index (χ1n) is 4.11. The molecule has 0 amide bonds. The first-order valence-corrected chi connectivity index (χ1v) is 4.11. The zero-order valence-corrected chi connectivity index (χ0v) is 8.14. The fourth-order valence-corrected chi connectivity index (χ4v) is 1.05. The molecule has 12 heavy (non-hydrogen) atoms. The van der Waals surface area contributed by atoms with E-state index in [4.69, 9.17) is 10.3 Å². The third-order valence-electron chi connectivity index (χ3n) is 1.68. The Balaban J connectivity index is 2.83. The van der Waals surface area contributed by atoms with E-state index in [0.29, 0.717) is 11.4 Å². The van der Waals surface area contributed by atoms with Gasteiger partial charge < -0.3 is 10.3 Å². The maximum atomic E-state index is 5.75. The molecule has 3 heteroatoms. The van der Waals surface area contributed by atoms with Gasteiger partial charge in [0.2, 0.25) is 0 Å². The van der Waals surface area contributed by atoms with Crippen LogP contribution in [0, 0.1) is 12.3 Å². The van der Waals surface area contributed by atoms with Gasteiger partial charge in [0.05, 0.1) is 5.69 Å². The van der Waals surface area contributed by atoms with Gasteiger partial charge in [-0.1, -0.05) is 25.9 Å². The van der Waals surface area contributed by atoms with Crippen LogP contribution in [0.1, 0.15) is 32.2 Å². The van der Waals surface area contributed by atoms with Crippen LogP contribution in [0.25, 0.3) is 0 Å². The Morgan fingerprint density at radius 2 is 2.00 bits per heavy atom. The summed E-state index contributed by atoms with van der Waals surface area (Å²) in [5, 5.41) is 3.90. The van der Waals surface area contributed by atoms with Crippen molar-refractivity contribution in [3.8, 4) is 0 Å². The molecule has 0 saturated heterocycles. The molecule has 0 aliphatic carbocycles. The van der Waals surface area contributed by atoms with Crippen molar-refractivity contribution in [2.75, 3.05) is 5.73 Å². The predicted octanol–water partition coefficient (Wildman–Crippen LogP) is 2.15. The van der Waals surface area contributed by atoms with Gasteiger partial charge in [0.15, 0.2) is 5.76 Å². The molecule has 0 atom stereocenters. The number of nitrogens with two attached hydrogens (primary N) is 1. The Bertz CT molecular complexity index is 271. The lowest BCUT2D eigenvalue weighted by atomic mass is 9.90. The lowest BCUT2D eigenvalue weighted by molar-refractivity contribution is 0.362. The Morgan fingerprint density at radius 1 is 1.42 bits per heavy atom. The van der Waals surface area contributed by atoms with E-state index < -0.39 is 0 Å². The van der Waals surface area contributed by atoms with Crippen LogP contribution >= 0.6 is 0 Å². The molecule has 0 radical (unpaired) electrons. The number of nitrogen functional groups attached to an aromatic ring is 1. The van der Waals surface area contributed by atoms with Crippen molar-refractivity contribution in [1.29, 1.82) is 0 Å². The number of hydrogen-bond acceptors (Lipinski definition) is 3. The fourth-order valence-electron chi connectivity index (χ4n) is 1.05. The topological polar surface area (TPSA) is 52.0 Å². The molecule has 1 aromatic heterocycles. The second kappa shape index (κ2) is 2.81. The summed E-state index contributed by atoms with van der Waals surface area (Å²) in [7, 11) is 0. The van der Waals surface area contributed by atoms with E-state index in [9.17, 15) is 0 Å². The molecule has 0 saturated carbocycles. The molecule has 1 heterocycles. The van der Waals surface area contributed by atoms with Gasteiger partial charge in [-0.2, -0.15) is 0 Å². The van der Waals surface area contributed by atoms with E-state index in [2.05, 4.69) is 25.9 Å². The second-order valence-corrected chi connectivity index (χ2v) is 4.34. The summed E-state index contributed by atoms with van der Waals surface area (Å²) < 4.78 is 4.97. The number of aromatic nitrogens is 1. The van der Waals surface area contributed by atoms with Gasteiger partial charge in [0.1, 0.15) is 5.69 Å². The summed E-state index contributed by atoms with van der Waals surface area (Å²) >= 11 is 0. The Hall–Kier alpha value is -0.990. The highest BCUT2D eigenvalue weighted by Gasteiger charge is 2.17. The molecule has 0 fully saturated rings. The van der Waals surface area contributed by atoms with Crippen LogP contribution in [0.5, 0.6) is 0 Å². The largest absolute Gasteiger partial charge is 0.394 e. The normalized spacial score (nSPS) is 12.0. The van der Waals surface area contributed by atoms with Crippen LogP contribution in [0.4, 0.5) is 5.69 Å². The highest BCUT2D eigenvalue weighted by atomic mass is 16.5. The average Bonchev–Trinajstić information content (AvgIpc) is 2.16. The van der Waals surface area contributed by atoms with E-state index in [-0.39, 0.29) is 5.41 Å². The van der Waals surface area contributed by atoms with E-state index in [0.717, 1.165) is 12.1 Å². The van der Waals surface area contributed by atoms with Gasteiger partial charge in [-0.05, 0) is 12.3 Å². The van der Waals surface area contributed by atoms with Gasteiger partial charge >= 0.3 is 0 Å². The van der Waals surface area contributed by atoms with Gasteiger partial charge in [0, 0.05) is 6.42 Å². The lowest BCUT2D eigenvalue weighted by Gasteiger charge is -2.15. The van der Waals surface area contributed by atoms with Crippen molar-refractivity contribution in [2.24, 2.45) is 5.41 Å². The number of rotatable bonds is 1. The molecular formula is C9H16N2O. The molecule has 2 N–H and O–H groups in total. The maximum absolute atomic E-state index is 5.75. The molecule has 68 valence electrons. The first-order chi connectivity index (χ1) is 5.40. The quantitative estimate of drug-likeness (QED) is 0.699. The minimum atomic E-state index is 0.206. The predicted molar refractivity (Wildman–Crippen MR) is 48.8 cm³/mol. The standard InChI is InChI=1S/C9H16N2O/c1-6-8(10)7(11-12-6)5-9(2,3)4/h5,10H2,1-4H3. The number of nitrogens with zero attached hydrogens (tertiary/aromatic N) is 1. The maximum Gasteiger partial charge on any atom is 0.156 e. The first kappa shape index (κ1) is 9.10. The molecule has 0 aromatic carbocycles. The van der Waals surface area contributed by atoms with Crippen LogP contribution in [-0.4, -0.2) is 5.16 Å². The van der Waals surface area contributed by atoms with Gasteiger partial charge in [0.25, 0.3) is 0 Å². The van der Waals surface area contributed by atoms with E-state index in [1.54, 1.807) is 0 Å². The number of aryl methyl sites for hydroxylation is 1. The molecule has 1 rings (SSSR count). The molecule has 0 unspecified atom stereocenters.